The molecule has 6 heteroatoms. The molecule has 0 aromatic heterocycles. The van der Waals surface area contributed by atoms with Crippen LogP contribution in [0.2, 0.25) is 6.55 Å². The van der Waals surface area contributed by atoms with E-state index in [1.807, 2.05) is 6.55 Å². The van der Waals surface area contributed by atoms with E-state index in [4.69, 9.17) is 23.2 Å². The molecule has 0 atom stereocenters. The highest BCUT2D eigenvalue weighted by molar-refractivity contribution is 6.58. The van der Waals surface area contributed by atoms with Crippen LogP contribution >= 0.6 is 0 Å². The van der Waals surface area contributed by atoms with Crippen molar-refractivity contribution in [3.63, 3.8) is 0 Å². The molecule has 0 saturated heterocycles. The van der Waals surface area contributed by atoms with Gasteiger partial charge in [0.15, 0.2) is 0 Å². The summed E-state index contributed by atoms with van der Waals surface area (Å²) in [6, 6.07) is 0. The Morgan fingerprint density at radius 3 is 1.36 bits per heavy atom. The number of hydrogen-bond acceptors (Lipinski definition) is 4. The number of rotatable bonds is 3. The molecule has 0 fully saturated rings. The Balaban J connectivity index is 0. The van der Waals surface area contributed by atoms with Gasteiger partial charge in [-0.05, 0) is 0 Å². The molecule has 0 saturated carbocycles. The van der Waals surface area contributed by atoms with Gasteiger partial charge in [0.05, 0.1) is 0 Å². The molecule has 0 spiro atoms. The average molecular weight is 182 g/mol. The van der Waals surface area contributed by atoms with Gasteiger partial charge in [0.2, 0.25) is 0 Å². The lowest BCUT2D eigenvalue weighted by molar-refractivity contribution is -0.122. The van der Waals surface area contributed by atoms with E-state index in [0.717, 1.165) is 0 Å². The van der Waals surface area contributed by atoms with E-state index in [9.17, 15) is 0 Å². The smallest absolute Gasteiger partial charge is 0.483 e. The van der Waals surface area contributed by atoms with Gasteiger partial charge in [-0.3, -0.25) is 4.79 Å². The predicted molar refractivity (Wildman–Crippen MR) is 41.3 cm³/mol. The molecule has 0 bridgehead atoms. The Morgan fingerprint density at radius 2 is 1.36 bits per heavy atom. The lowest BCUT2D eigenvalue weighted by Gasteiger charge is -2.18. The summed E-state index contributed by atoms with van der Waals surface area (Å²) in [5.41, 5.74) is 0. The van der Waals surface area contributed by atoms with E-state index in [0.29, 0.717) is 0 Å². The van der Waals surface area contributed by atoms with E-state index in [2.05, 4.69) is 0 Å². The van der Waals surface area contributed by atoms with Crippen LogP contribution in [0.25, 0.3) is 0 Å². The monoisotopic (exact) mass is 182 g/mol. The first kappa shape index (κ1) is 13.2. The second-order valence-electron chi connectivity index (χ2n) is 1.58. The van der Waals surface area contributed by atoms with Crippen LogP contribution in [-0.2, 0) is 18.1 Å². The van der Waals surface area contributed by atoms with Gasteiger partial charge in [0.1, 0.15) is 0 Å². The first-order valence-electron chi connectivity index (χ1n) is 2.83. The summed E-state index contributed by atoms with van der Waals surface area (Å²) in [6.07, 6.45) is 0. The fourth-order valence-corrected chi connectivity index (χ4v) is 0.750. The van der Waals surface area contributed by atoms with Crippen molar-refractivity contribution in [3.05, 3.63) is 0 Å². The quantitative estimate of drug-likeness (QED) is 0.499. The summed E-state index contributed by atoms with van der Waals surface area (Å²) in [5.74, 6) is 0. The molecular formula is C5H14O5Si. The van der Waals surface area contributed by atoms with Crippen molar-refractivity contribution < 1.29 is 23.2 Å². The van der Waals surface area contributed by atoms with E-state index in [-0.39, 0.29) is 6.47 Å². The van der Waals surface area contributed by atoms with Gasteiger partial charge >= 0.3 is 8.80 Å². The molecule has 0 heterocycles. The summed E-state index contributed by atoms with van der Waals surface area (Å²) in [5, 5.41) is 6.89. The Labute approximate surface area is 67.3 Å². The van der Waals surface area contributed by atoms with Crippen LogP contribution in [0.4, 0.5) is 0 Å². The molecular weight excluding hydrogens is 168 g/mol. The fraction of sp³-hybridized carbons (Fsp3) is 0.800. The molecule has 0 aliphatic heterocycles. The molecule has 0 aliphatic carbocycles. The summed E-state index contributed by atoms with van der Waals surface area (Å²) in [6.45, 7) is 1.58. The molecule has 0 unspecified atom stereocenters. The second-order valence-corrected chi connectivity index (χ2v) is 4.53. The van der Waals surface area contributed by atoms with Gasteiger partial charge in [-0.15, -0.1) is 0 Å². The third-order valence-electron chi connectivity index (χ3n) is 1.11. The zero-order chi connectivity index (χ0) is 9.33. The summed E-state index contributed by atoms with van der Waals surface area (Å²) in [7, 11) is 2.58. The van der Waals surface area contributed by atoms with E-state index >= 15 is 0 Å². The van der Waals surface area contributed by atoms with Gasteiger partial charge < -0.3 is 18.4 Å². The molecule has 0 aromatic rings. The maximum Gasteiger partial charge on any atom is 0.496 e. The molecule has 0 rings (SSSR count). The number of hydrogen-bond donors (Lipinski definition) is 1. The minimum Gasteiger partial charge on any atom is -0.483 e. The van der Waals surface area contributed by atoms with Crippen LogP contribution in [0, 0.1) is 0 Å². The van der Waals surface area contributed by atoms with Gasteiger partial charge in [0, 0.05) is 27.9 Å². The Hall–Kier alpha value is -0.433. The Morgan fingerprint density at radius 1 is 1.18 bits per heavy atom. The van der Waals surface area contributed by atoms with E-state index in [1.54, 1.807) is 21.3 Å². The molecule has 1 N–H and O–H groups in total. The van der Waals surface area contributed by atoms with Crippen LogP contribution in [-0.4, -0.2) is 41.7 Å². The van der Waals surface area contributed by atoms with Crippen molar-refractivity contribution in [1.29, 1.82) is 0 Å². The summed E-state index contributed by atoms with van der Waals surface area (Å²) >= 11 is 0. The van der Waals surface area contributed by atoms with Crippen molar-refractivity contribution in [2.24, 2.45) is 0 Å². The van der Waals surface area contributed by atoms with Gasteiger partial charge in [-0.2, -0.15) is 0 Å². The predicted octanol–water partition coefficient (Wildman–Crippen LogP) is 0.195. The summed E-state index contributed by atoms with van der Waals surface area (Å²) < 4.78 is 14.8. The molecule has 0 amide bonds. The standard InChI is InChI=1S/C4H12O3Si.CH2O2/c1-5-8(4,6-2)7-3;2-1-3/h1-4H3;1H,(H,2,3). The Bertz CT molecular complexity index is 84.6. The third kappa shape index (κ3) is 7.46. The van der Waals surface area contributed by atoms with Gasteiger partial charge in [0.25, 0.3) is 6.47 Å². The third-order valence-corrected chi connectivity index (χ3v) is 3.34. The molecule has 5 nitrogen and oxygen atoms in total. The highest BCUT2D eigenvalue weighted by Crippen LogP contribution is 2.02. The molecule has 0 radical (unpaired) electrons. The Kier molecular flexibility index (Phi) is 9.19. The molecule has 0 aromatic carbocycles. The SMILES string of the molecule is CO[Si](C)(OC)OC.O=CO. The van der Waals surface area contributed by atoms with Crippen LogP contribution in [0.5, 0.6) is 0 Å². The van der Waals surface area contributed by atoms with Crippen molar-refractivity contribution >= 4 is 15.3 Å². The van der Waals surface area contributed by atoms with Crippen molar-refractivity contribution in [1.82, 2.24) is 0 Å². The normalized spacial score (nSPS) is 9.82. The van der Waals surface area contributed by atoms with Crippen LogP contribution in [0.15, 0.2) is 0 Å². The minimum absolute atomic E-state index is 0.250. The second kappa shape index (κ2) is 7.67. The molecule has 68 valence electrons. The largest absolute Gasteiger partial charge is 0.496 e. The van der Waals surface area contributed by atoms with Crippen molar-refractivity contribution in [2.45, 2.75) is 6.55 Å². The zero-order valence-electron chi connectivity index (χ0n) is 7.16. The van der Waals surface area contributed by atoms with E-state index < -0.39 is 8.80 Å². The fourth-order valence-electron chi connectivity index (χ4n) is 0.250. The molecule has 11 heavy (non-hydrogen) atoms. The lowest BCUT2D eigenvalue weighted by atomic mass is 11.7. The maximum atomic E-state index is 8.36. The van der Waals surface area contributed by atoms with Crippen LogP contribution < -0.4 is 0 Å². The van der Waals surface area contributed by atoms with Crippen molar-refractivity contribution in [2.75, 3.05) is 21.3 Å². The maximum absolute atomic E-state index is 8.36. The highest BCUT2D eigenvalue weighted by Gasteiger charge is 2.29. The lowest BCUT2D eigenvalue weighted by Crippen LogP contribution is -2.38. The number of carboxylic acid groups (broad SMARTS) is 1. The van der Waals surface area contributed by atoms with Crippen LogP contribution in [0.3, 0.4) is 0 Å². The van der Waals surface area contributed by atoms with Gasteiger partial charge in [-0.1, -0.05) is 0 Å². The topological polar surface area (TPSA) is 65.0 Å². The molecule has 0 aliphatic rings. The number of carbonyl (C=O) groups is 1. The first-order chi connectivity index (χ1) is 5.10. The minimum atomic E-state index is -2.17. The zero-order valence-corrected chi connectivity index (χ0v) is 8.16. The first-order valence-corrected chi connectivity index (χ1v) is 5.06. The van der Waals surface area contributed by atoms with E-state index in [1.165, 1.54) is 0 Å². The van der Waals surface area contributed by atoms with Gasteiger partial charge in [-0.25, -0.2) is 0 Å². The summed E-state index contributed by atoms with van der Waals surface area (Å²) in [4.78, 5) is 8.36. The van der Waals surface area contributed by atoms with Crippen LogP contribution in [0.1, 0.15) is 0 Å². The van der Waals surface area contributed by atoms with Crippen molar-refractivity contribution in [3.8, 4) is 0 Å². The highest BCUT2D eigenvalue weighted by atomic mass is 28.4. The average Bonchev–Trinajstić information content (AvgIpc) is 2.05.